The van der Waals surface area contributed by atoms with Crippen molar-refractivity contribution >= 4 is 65.2 Å². The Labute approximate surface area is 442 Å². The second kappa shape index (κ2) is 17.1. The van der Waals surface area contributed by atoms with Crippen LogP contribution in [0, 0.1) is 0 Å². The molecule has 0 amide bonds. The molecule has 0 radical (unpaired) electrons. The van der Waals surface area contributed by atoms with Crippen molar-refractivity contribution < 1.29 is 22.0 Å². The molecule has 386 valence electrons. The van der Waals surface area contributed by atoms with Gasteiger partial charge in [0, 0.05) is 45.4 Å². The number of rotatable bonds is 5. The highest BCUT2D eigenvalue weighted by Crippen LogP contribution is 2.48. The molecule has 9 aromatic carbocycles. The zero-order valence-corrected chi connectivity index (χ0v) is 45.8. The van der Waals surface area contributed by atoms with Crippen molar-refractivity contribution in [2.45, 2.75) is 124 Å². The van der Waals surface area contributed by atoms with Crippen molar-refractivity contribution in [1.82, 2.24) is 9.13 Å². The van der Waals surface area contributed by atoms with Gasteiger partial charge in [-0.1, -0.05) is 156 Å². The third kappa shape index (κ3) is 8.64. The van der Waals surface area contributed by atoms with Gasteiger partial charge in [-0.25, -0.2) is 8.78 Å². The van der Waals surface area contributed by atoms with E-state index in [1.165, 1.54) is 34.4 Å². The van der Waals surface area contributed by atoms with Gasteiger partial charge >= 0.3 is 6.18 Å². The van der Waals surface area contributed by atoms with E-state index >= 15 is 0 Å². The van der Waals surface area contributed by atoms with Gasteiger partial charge in [-0.15, -0.1) is 0 Å². The third-order valence-corrected chi connectivity index (χ3v) is 15.8. The second-order valence-corrected chi connectivity index (χ2v) is 25.3. The SMILES string of the molecule is CC(C)(C)c1ccc2c(c1)c1cc(C(C)(C)C)ccc1n2-c1ccc2c(-c3ccc(C(F)(F)F)cc3)c3cc(-n4c5ccc(C(C)(C)C)cc5c5cc(C(C)(C)C)ccc54)ccc3c(-c3ccc(C(C)(F)F)cc3)c2c1. The molecule has 11 aromatic rings. The molecule has 2 aromatic heterocycles. The normalized spacial score (nSPS) is 13.4. The summed E-state index contributed by atoms with van der Waals surface area (Å²) in [5.74, 6) is -3.06. The Morgan fingerprint density at radius 1 is 0.263 bits per heavy atom. The summed E-state index contributed by atoms with van der Waals surface area (Å²) in [7, 11) is 0. The van der Waals surface area contributed by atoms with E-state index in [1.54, 1.807) is 24.3 Å². The average molecular weight is 1020 g/mol. The van der Waals surface area contributed by atoms with E-state index in [1.807, 2.05) is 0 Å². The van der Waals surface area contributed by atoms with Crippen LogP contribution < -0.4 is 0 Å². The van der Waals surface area contributed by atoms with E-state index in [-0.39, 0.29) is 27.2 Å². The molecule has 7 heteroatoms. The highest BCUT2D eigenvalue weighted by Gasteiger charge is 2.31. The summed E-state index contributed by atoms with van der Waals surface area (Å²) in [6.07, 6.45) is -4.53. The molecular weight excluding hydrogens is 952 g/mol. The summed E-state index contributed by atoms with van der Waals surface area (Å²) >= 11 is 0. The monoisotopic (exact) mass is 1020 g/mol. The minimum absolute atomic E-state index is 0.0951. The molecule has 2 heterocycles. The number of fused-ring (bicyclic) bond motifs is 8. The fourth-order valence-electron chi connectivity index (χ4n) is 11.3. The van der Waals surface area contributed by atoms with E-state index in [4.69, 9.17) is 0 Å². The molecule has 0 bridgehead atoms. The molecule has 76 heavy (non-hydrogen) atoms. The minimum atomic E-state index is -4.53. The van der Waals surface area contributed by atoms with Gasteiger partial charge in [-0.2, -0.15) is 13.2 Å². The first-order valence-electron chi connectivity index (χ1n) is 26.4. The molecular formula is C69H65F5N2. The molecule has 2 nitrogen and oxygen atoms in total. The van der Waals surface area contributed by atoms with Crippen LogP contribution in [-0.2, 0) is 33.8 Å². The Bertz CT molecular complexity index is 3720. The van der Waals surface area contributed by atoms with E-state index in [9.17, 15) is 22.0 Å². The van der Waals surface area contributed by atoms with Gasteiger partial charge in [0.05, 0.1) is 27.6 Å². The van der Waals surface area contributed by atoms with Crippen LogP contribution in [0.25, 0.3) is 98.8 Å². The largest absolute Gasteiger partial charge is 0.416 e. The predicted molar refractivity (Wildman–Crippen MR) is 310 cm³/mol. The first kappa shape index (κ1) is 50.9. The molecule has 0 spiro atoms. The van der Waals surface area contributed by atoms with Crippen molar-refractivity contribution in [2.24, 2.45) is 0 Å². The summed E-state index contributed by atoms with van der Waals surface area (Å²) < 4.78 is 77.5. The molecule has 0 N–H and O–H groups in total. The number of alkyl halides is 5. The van der Waals surface area contributed by atoms with Gasteiger partial charge in [-0.3, -0.25) is 0 Å². The van der Waals surface area contributed by atoms with Crippen LogP contribution in [0.1, 0.15) is 123 Å². The molecule has 0 aliphatic rings. The average Bonchev–Trinajstić information content (AvgIpc) is 3.86. The van der Waals surface area contributed by atoms with E-state index in [0.29, 0.717) is 5.56 Å². The van der Waals surface area contributed by atoms with Crippen molar-refractivity contribution in [3.63, 3.8) is 0 Å². The van der Waals surface area contributed by atoms with Gasteiger partial charge in [0.15, 0.2) is 0 Å². The van der Waals surface area contributed by atoms with E-state index in [2.05, 4.69) is 201 Å². The van der Waals surface area contributed by atoms with Gasteiger partial charge < -0.3 is 9.13 Å². The summed E-state index contributed by atoms with van der Waals surface area (Å²) in [5.41, 5.74) is 12.5. The standard InChI is InChI=1S/C69H65F5N2/c1-64(2,3)44-22-30-58-52(34-44)53-35-45(65(4,5)6)23-31-59(53)75(58)48-27-29-51-56(38-48)62(40-14-18-42(19-15-40)68(13,70)71)50-28-26-49(39-57(50)63(51)41-16-20-43(21-17-41)69(72,73)74)76-60-32-24-46(66(7,8)9)36-54(60)55-37-47(67(10,11)12)25-33-61(55)76/h14-39H,1-13H3. The number of benzene rings is 9. The fourth-order valence-corrected chi connectivity index (χ4v) is 11.3. The Hall–Kier alpha value is -7.25. The lowest BCUT2D eigenvalue weighted by Crippen LogP contribution is -2.10. The maximum Gasteiger partial charge on any atom is 0.416 e. The highest BCUT2D eigenvalue weighted by atomic mass is 19.4. The molecule has 0 atom stereocenters. The summed E-state index contributed by atoms with van der Waals surface area (Å²) in [6.45, 7) is 27.6. The molecule has 0 unspecified atom stereocenters. The minimum Gasteiger partial charge on any atom is -0.309 e. The van der Waals surface area contributed by atoms with Crippen LogP contribution in [0.3, 0.4) is 0 Å². The van der Waals surface area contributed by atoms with Gasteiger partial charge in [0.2, 0.25) is 0 Å². The number of hydrogen-bond acceptors (Lipinski definition) is 0. The number of hydrogen-bond donors (Lipinski definition) is 0. The van der Waals surface area contributed by atoms with Gasteiger partial charge in [0.1, 0.15) is 0 Å². The van der Waals surface area contributed by atoms with Crippen LogP contribution in [0.4, 0.5) is 22.0 Å². The lowest BCUT2D eigenvalue weighted by molar-refractivity contribution is -0.137. The van der Waals surface area contributed by atoms with Crippen molar-refractivity contribution in [2.75, 3.05) is 0 Å². The maximum atomic E-state index is 15.0. The summed E-state index contributed by atoms with van der Waals surface area (Å²) in [6, 6.07) is 51.7. The lowest BCUT2D eigenvalue weighted by Gasteiger charge is -2.22. The molecule has 0 aliphatic carbocycles. The van der Waals surface area contributed by atoms with Crippen LogP contribution in [0.15, 0.2) is 158 Å². The number of halogens is 5. The quantitative estimate of drug-likeness (QED) is 0.120. The number of aromatic nitrogens is 2. The van der Waals surface area contributed by atoms with Gasteiger partial charge in [-0.05, 0) is 173 Å². The lowest BCUT2D eigenvalue weighted by atomic mass is 9.85. The van der Waals surface area contributed by atoms with E-state index in [0.717, 1.165) is 112 Å². The summed E-state index contributed by atoms with van der Waals surface area (Å²) in [4.78, 5) is 0. The Kier molecular flexibility index (Phi) is 11.5. The zero-order valence-electron chi connectivity index (χ0n) is 45.8. The van der Waals surface area contributed by atoms with Crippen molar-refractivity contribution in [3.05, 3.63) is 191 Å². The van der Waals surface area contributed by atoms with Crippen molar-refractivity contribution in [3.8, 4) is 33.6 Å². The summed E-state index contributed by atoms with van der Waals surface area (Å²) in [5, 5.41) is 7.81. The maximum absolute atomic E-state index is 15.0. The first-order valence-corrected chi connectivity index (χ1v) is 26.4. The fraction of sp³-hybridized carbons (Fsp3) is 0.275. The van der Waals surface area contributed by atoms with E-state index < -0.39 is 17.7 Å². The number of nitrogens with zero attached hydrogens (tertiary/aromatic N) is 2. The van der Waals surface area contributed by atoms with Gasteiger partial charge in [0.25, 0.3) is 5.92 Å². The van der Waals surface area contributed by atoms with Crippen LogP contribution in [0.2, 0.25) is 0 Å². The Morgan fingerprint density at radius 2 is 0.539 bits per heavy atom. The van der Waals surface area contributed by atoms with Crippen LogP contribution in [-0.4, -0.2) is 9.13 Å². The zero-order chi connectivity index (χ0) is 54.4. The third-order valence-electron chi connectivity index (χ3n) is 15.8. The molecule has 0 fully saturated rings. The predicted octanol–water partition coefficient (Wildman–Crippen LogP) is 20.8. The van der Waals surface area contributed by atoms with Crippen molar-refractivity contribution in [1.29, 1.82) is 0 Å². The second-order valence-electron chi connectivity index (χ2n) is 25.3. The molecule has 11 rings (SSSR count). The smallest absolute Gasteiger partial charge is 0.309 e. The molecule has 0 aliphatic heterocycles. The molecule has 0 saturated carbocycles. The Morgan fingerprint density at radius 3 is 0.803 bits per heavy atom. The first-order chi connectivity index (χ1) is 35.5. The topological polar surface area (TPSA) is 9.86 Å². The van der Waals surface area contributed by atoms with Crippen LogP contribution >= 0.6 is 0 Å². The Balaban J connectivity index is 1.26. The molecule has 0 saturated heterocycles. The highest BCUT2D eigenvalue weighted by molar-refractivity contribution is 6.23. The van der Waals surface area contributed by atoms with Crippen LogP contribution in [0.5, 0.6) is 0 Å².